The monoisotopic (exact) mass is 360 g/mol. The van der Waals surface area contributed by atoms with E-state index >= 15 is 0 Å². The Morgan fingerprint density at radius 1 is 1.12 bits per heavy atom. The van der Waals surface area contributed by atoms with Crippen LogP contribution in [-0.2, 0) is 11.4 Å². The first-order chi connectivity index (χ1) is 12.0. The molecule has 6 heteroatoms. The summed E-state index contributed by atoms with van der Waals surface area (Å²) in [7, 11) is 3.37. The van der Waals surface area contributed by atoms with Crippen LogP contribution in [0.3, 0.4) is 0 Å². The van der Waals surface area contributed by atoms with Crippen LogP contribution in [0.15, 0.2) is 48.5 Å². The summed E-state index contributed by atoms with van der Waals surface area (Å²) in [5, 5.41) is 3.39. The molecule has 0 radical (unpaired) electrons. The van der Waals surface area contributed by atoms with Crippen molar-refractivity contribution in [2.75, 3.05) is 20.6 Å². The third-order valence-corrected chi connectivity index (χ3v) is 3.75. The zero-order chi connectivity index (χ0) is 18.2. The van der Waals surface area contributed by atoms with Crippen LogP contribution in [0.4, 0.5) is 0 Å². The molecule has 5 nitrogen and oxygen atoms in total. The lowest BCUT2D eigenvalue weighted by Crippen LogP contribution is -2.30. The van der Waals surface area contributed by atoms with Crippen molar-refractivity contribution >= 4 is 23.4 Å². The van der Waals surface area contributed by atoms with Crippen molar-refractivity contribution in [3.05, 3.63) is 64.7 Å². The molecule has 0 saturated heterocycles. The predicted molar refractivity (Wildman–Crippen MR) is 97.9 cm³/mol. The lowest BCUT2D eigenvalue weighted by molar-refractivity contribution is -0.128. The number of ether oxygens (including phenoxy) is 1. The van der Waals surface area contributed by atoms with E-state index in [0.717, 1.165) is 5.56 Å². The van der Waals surface area contributed by atoms with Crippen LogP contribution in [0.25, 0.3) is 0 Å². The SMILES string of the molecule is CN(C)C(=O)CCNC(=O)c1cccc(OCc2cccc(Cl)c2)c1. The zero-order valence-electron chi connectivity index (χ0n) is 14.3. The zero-order valence-corrected chi connectivity index (χ0v) is 15.0. The lowest BCUT2D eigenvalue weighted by Gasteiger charge is -2.11. The molecule has 0 saturated carbocycles. The third kappa shape index (κ3) is 6.12. The largest absolute Gasteiger partial charge is 0.489 e. The Balaban J connectivity index is 1.89. The van der Waals surface area contributed by atoms with Gasteiger partial charge in [0.2, 0.25) is 5.91 Å². The number of carbonyl (C=O) groups excluding carboxylic acids is 2. The molecule has 2 aromatic carbocycles. The van der Waals surface area contributed by atoms with Crippen LogP contribution in [0.1, 0.15) is 22.3 Å². The van der Waals surface area contributed by atoms with Gasteiger partial charge in [-0.3, -0.25) is 9.59 Å². The van der Waals surface area contributed by atoms with Crippen molar-refractivity contribution in [1.29, 1.82) is 0 Å². The van der Waals surface area contributed by atoms with Gasteiger partial charge in [0.1, 0.15) is 12.4 Å². The van der Waals surface area contributed by atoms with Gasteiger partial charge in [0.15, 0.2) is 0 Å². The molecule has 0 heterocycles. The summed E-state index contributed by atoms with van der Waals surface area (Å²) in [6, 6.07) is 14.3. The second-order valence-electron chi connectivity index (χ2n) is 5.74. The highest BCUT2D eigenvalue weighted by molar-refractivity contribution is 6.30. The molecular formula is C19H21ClN2O3. The Kier molecular flexibility index (Phi) is 6.83. The molecule has 0 aliphatic heterocycles. The molecule has 0 fully saturated rings. The summed E-state index contributed by atoms with van der Waals surface area (Å²) in [5.41, 5.74) is 1.44. The molecule has 2 aromatic rings. The first-order valence-corrected chi connectivity index (χ1v) is 8.29. The van der Waals surface area contributed by atoms with Crippen molar-refractivity contribution in [2.24, 2.45) is 0 Å². The maximum atomic E-state index is 12.2. The number of halogens is 1. The Hall–Kier alpha value is -2.53. The molecule has 132 valence electrons. The number of carbonyl (C=O) groups is 2. The van der Waals surface area contributed by atoms with E-state index in [1.54, 1.807) is 44.4 Å². The Labute approximate surface area is 152 Å². The fourth-order valence-corrected chi connectivity index (χ4v) is 2.34. The van der Waals surface area contributed by atoms with Gasteiger partial charge in [-0.25, -0.2) is 0 Å². The quantitative estimate of drug-likeness (QED) is 0.825. The van der Waals surface area contributed by atoms with E-state index in [1.807, 2.05) is 18.2 Å². The maximum Gasteiger partial charge on any atom is 0.251 e. The smallest absolute Gasteiger partial charge is 0.251 e. The maximum absolute atomic E-state index is 12.2. The minimum atomic E-state index is -0.236. The van der Waals surface area contributed by atoms with Crippen molar-refractivity contribution in [3.8, 4) is 5.75 Å². The van der Waals surface area contributed by atoms with Gasteiger partial charge in [-0.1, -0.05) is 29.8 Å². The fourth-order valence-electron chi connectivity index (χ4n) is 2.13. The summed E-state index contributed by atoms with van der Waals surface area (Å²) >= 11 is 5.95. The summed E-state index contributed by atoms with van der Waals surface area (Å²) < 4.78 is 5.71. The van der Waals surface area contributed by atoms with Gasteiger partial charge in [0.25, 0.3) is 5.91 Å². The first-order valence-electron chi connectivity index (χ1n) is 7.91. The van der Waals surface area contributed by atoms with Gasteiger partial charge in [0, 0.05) is 37.6 Å². The highest BCUT2D eigenvalue weighted by atomic mass is 35.5. The predicted octanol–water partition coefficient (Wildman–Crippen LogP) is 3.13. The Morgan fingerprint density at radius 3 is 2.60 bits per heavy atom. The standard InChI is InChI=1S/C19H21ClN2O3/c1-22(2)18(23)9-10-21-19(24)15-6-4-8-17(12-15)25-13-14-5-3-7-16(20)11-14/h3-8,11-12H,9-10,13H2,1-2H3,(H,21,24). The number of hydrogen-bond donors (Lipinski definition) is 1. The van der Waals surface area contributed by atoms with Crippen LogP contribution in [0.2, 0.25) is 5.02 Å². The van der Waals surface area contributed by atoms with E-state index < -0.39 is 0 Å². The van der Waals surface area contributed by atoms with Gasteiger partial charge in [-0.05, 0) is 35.9 Å². The number of nitrogens with one attached hydrogen (secondary N) is 1. The van der Waals surface area contributed by atoms with E-state index in [0.29, 0.717) is 29.5 Å². The second kappa shape index (κ2) is 9.08. The molecule has 0 atom stereocenters. The summed E-state index contributed by atoms with van der Waals surface area (Å²) in [4.78, 5) is 25.2. The van der Waals surface area contributed by atoms with Crippen molar-refractivity contribution < 1.29 is 14.3 Å². The van der Waals surface area contributed by atoms with E-state index in [9.17, 15) is 9.59 Å². The van der Waals surface area contributed by atoms with E-state index in [1.165, 1.54) is 4.90 Å². The number of hydrogen-bond acceptors (Lipinski definition) is 3. The topological polar surface area (TPSA) is 58.6 Å². The molecule has 25 heavy (non-hydrogen) atoms. The fraction of sp³-hybridized carbons (Fsp3) is 0.263. The van der Waals surface area contributed by atoms with E-state index in [-0.39, 0.29) is 18.2 Å². The van der Waals surface area contributed by atoms with Crippen LogP contribution in [0.5, 0.6) is 5.75 Å². The molecule has 0 bridgehead atoms. The van der Waals surface area contributed by atoms with Gasteiger partial charge in [-0.15, -0.1) is 0 Å². The van der Waals surface area contributed by atoms with Crippen LogP contribution in [-0.4, -0.2) is 37.4 Å². The molecule has 2 rings (SSSR count). The lowest BCUT2D eigenvalue weighted by atomic mass is 10.2. The van der Waals surface area contributed by atoms with Gasteiger partial charge in [0.05, 0.1) is 0 Å². The molecule has 0 aliphatic rings. The minimum absolute atomic E-state index is 0.0288. The summed E-state index contributed by atoms with van der Waals surface area (Å²) in [6.45, 7) is 0.659. The molecule has 0 unspecified atom stereocenters. The molecule has 0 aliphatic carbocycles. The number of nitrogens with zero attached hydrogens (tertiary/aromatic N) is 1. The molecular weight excluding hydrogens is 340 g/mol. The molecule has 1 N–H and O–H groups in total. The van der Waals surface area contributed by atoms with Crippen molar-refractivity contribution in [1.82, 2.24) is 10.2 Å². The van der Waals surface area contributed by atoms with Gasteiger partial charge < -0.3 is 15.0 Å². The average Bonchev–Trinajstić information content (AvgIpc) is 2.60. The highest BCUT2D eigenvalue weighted by Gasteiger charge is 2.09. The van der Waals surface area contributed by atoms with Crippen molar-refractivity contribution in [3.63, 3.8) is 0 Å². The Morgan fingerprint density at radius 2 is 1.88 bits per heavy atom. The van der Waals surface area contributed by atoms with Crippen LogP contribution >= 0.6 is 11.6 Å². The molecule has 0 aromatic heterocycles. The van der Waals surface area contributed by atoms with Gasteiger partial charge >= 0.3 is 0 Å². The number of rotatable bonds is 7. The van der Waals surface area contributed by atoms with E-state index in [4.69, 9.17) is 16.3 Å². The molecule has 2 amide bonds. The highest BCUT2D eigenvalue weighted by Crippen LogP contribution is 2.17. The minimum Gasteiger partial charge on any atom is -0.489 e. The first kappa shape index (κ1) is 18.8. The second-order valence-corrected chi connectivity index (χ2v) is 6.18. The summed E-state index contributed by atoms with van der Waals surface area (Å²) in [6.07, 6.45) is 0.268. The van der Waals surface area contributed by atoms with Crippen molar-refractivity contribution in [2.45, 2.75) is 13.0 Å². The number of amides is 2. The number of benzene rings is 2. The Bertz CT molecular complexity index is 747. The molecule has 0 spiro atoms. The van der Waals surface area contributed by atoms with E-state index in [2.05, 4.69) is 5.32 Å². The third-order valence-electron chi connectivity index (χ3n) is 3.51. The van der Waals surface area contributed by atoms with Crippen LogP contribution < -0.4 is 10.1 Å². The van der Waals surface area contributed by atoms with Crippen LogP contribution in [0, 0.1) is 0 Å². The average molecular weight is 361 g/mol. The normalized spacial score (nSPS) is 10.2. The van der Waals surface area contributed by atoms with Gasteiger partial charge in [-0.2, -0.15) is 0 Å². The summed E-state index contributed by atoms with van der Waals surface area (Å²) in [5.74, 6) is 0.329.